The van der Waals surface area contributed by atoms with Crippen LogP contribution in [-0.4, -0.2) is 25.8 Å². The van der Waals surface area contributed by atoms with E-state index in [1.165, 1.54) is 0 Å². The molecular formula is C12H14N4O. The summed E-state index contributed by atoms with van der Waals surface area (Å²) in [6.45, 7) is 3.78. The first kappa shape index (κ1) is 11.4. The van der Waals surface area contributed by atoms with Gasteiger partial charge in [0.2, 0.25) is 5.78 Å². The topological polar surface area (TPSA) is 60.7 Å². The van der Waals surface area contributed by atoms with E-state index in [1.54, 1.807) is 30.1 Å². The summed E-state index contributed by atoms with van der Waals surface area (Å²) in [6, 6.07) is 3.48. The van der Waals surface area contributed by atoms with E-state index in [2.05, 4.69) is 15.3 Å². The number of rotatable bonds is 3. The van der Waals surface area contributed by atoms with Crippen molar-refractivity contribution < 1.29 is 4.79 Å². The van der Waals surface area contributed by atoms with Crippen LogP contribution in [0.15, 0.2) is 18.3 Å². The molecule has 0 aliphatic carbocycles. The summed E-state index contributed by atoms with van der Waals surface area (Å²) in [5.74, 6) is -0.0557. The molecule has 0 aromatic carbocycles. The Hall–Kier alpha value is -2.04. The molecule has 0 spiro atoms. The summed E-state index contributed by atoms with van der Waals surface area (Å²) in [7, 11) is 1.75. The Labute approximate surface area is 99.5 Å². The lowest BCUT2D eigenvalue weighted by Gasteiger charge is -2.06. The predicted molar refractivity (Wildman–Crippen MR) is 62.8 cm³/mol. The molecule has 0 aliphatic heterocycles. The van der Waals surface area contributed by atoms with E-state index in [9.17, 15) is 4.79 Å². The Bertz CT molecular complexity index is 559. The molecular weight excluding hydrogens is 216 g/mol. The minimum atomic E-state index is -0.0557. The smallest absolute Gasteiger partial charge is 0.212 e. The lowest BCUT2D eigenvalue weighted by Crippen LogP contribution is -2.12. The van der Waals surface area contributed by atoms with Crippen LogP contribution in [0.4, 0.5) is 0 Å². The van der Waals surface area contributed by atoms with Gasteiger partial charge in [0.15, 0.2) is 0 Å². The molecule has 0 fully saturated rings. The van der Waals surface area contributed by atoms with Crippen LogP contribution in [0, 0.1) is 6.92 Å². The summed E-state index contributed by atoms with van der Waals surface area (Å²) >= 11 is 0. The van der Waals surface area contributed by atoms with Gasteiger partial charge in [0.05, 0.1) is 11.4 Å². The highest BCUT2D eigenvalue weighted by molar-refractivity contribution is 6.08. The zero-order valence-corrected chi connectivity index (χ0v) is 10.1. The molecule has 0 aliphatic rings. The summed E-state index contributed by atoms with van der Waals surface area (Å²) in [5.41, 5.74) is 2.64. The van der Waals surface area contributed by atoms with Crippen molar-refractivity contribution in [3.63, 3.8) is 0 Å². The van der Waals surface area contributed by atoms with Crippen molar-refractivity contribution in [2.75, 3.05) is 0 Å². The molecule has 17 heavy (non-hydrogen) atoms. The van der Waals surface area contributed by atoms with Crippen molar-refractivity contribution in [1.82, 2.24) is 20.0 Å². The first-order chi connectivity index (χ1) is 8.13. The van der Waals surface area contributed by atoms with E-state index in [1.807, 2.05) is 13.8 Å². The molecule has 0 atom stereocenters. The van der Waals surface area contributed by atoms with Gasteiger partial charge in [-0.2, -0.15) is 15.3 Å². The largest absolute Gasteiger partial charge is 0.287 e. The molecule has 0 N–H and O–H groups in total. The fraction of sp³-hybridized carbons (Fsp3) is 0.333. The highest BCUT2D eigenvalue weighted by Gasteiger charge is 2.17. The number of hydrogen-bond donors (Lipinski definition) is 0. The molecule has 88 valence electrons. The Morgan fingerprint density at radius 2 is 2.18 bits per heavy atom. The van der Waals surface area contributed by atoms with Crippen molar-refractivity contribution in [2.24, 2.45) is 7.05 Å². The number of carbonyl (C=O) groups excluding carboxylic acids is 1. The SMILES string of the molecule is CCc1nnc(C)cc1C(=O)c1ccnn1C. The standard InChI is InChI=1S/C12H14N4O/c1-4-10-9(7-8(2)14-15-10)12(17)11-5-6-13-16(11)3/h5-7H,4H2,1-3H3. The Kier molecular flexibility index (Phi) is 2.99. The lowest BCUT2D eigenvalue weighted by molar-refractivity contribution is 0.102. The summed E-state index contributed by atoms with van der Waals surface area (Å²) < 4.78 is 1.57. The molecule has 0 bridgehead atoms. The van der Waals surface area contributed by atoms with E-state index in [4.69, 9.17) is 0 Å². The minimum Gasteiger partial charge on any atom is -0.287 e. The number of hydrogen-bond acceptors (Lipinski definition) is 4. The third kappa shape index (κ3) is 2.08. The second-order valence-corrected chi connectivity index (χ2v) is 3.87. The van der Waals surface area contributed by atoms with Crippen molar-refractivity contribution in [1.29, 1.82) is 0 Å². The van der Waals surface area contributed by atoms with Crippen LogP contribution >= 0.6 is 0 Å². The lowest BCUT2D eigenvalue weighted by atomic mass is 10.0. The van der Waals surface area contributed by atoms with Crippen molar-refractivity contribution in [3.05, 3.63) is 41.0 Å². The normalized spacial score (nSPS) is 10.5. The first-order valence-corrected chi connectivity index (χ1v) is 5.49. The quantitative estimate of drug-likeness (QED) is 0.746. The summed E-state index contributed by atoms with van der Waals surface area (Å²) in [6.07, 6.45) is 2.30. The van der Waals surface area contributed by atoms with Gasteiger partial charge in [-0.25, -0.2) is 0 Å². The monoisotopic (exact) mass is 230 g/mol. The Morgan fingerprint density at radius 3 is 2.76 bits per heavy atom. The maximum Gasteiger partial charge on any atom is 0.212 e. The zero-order valence-electron chi connectivity index (χ0n) is 10.1. The van der Waals surface area contributed by atoms with Crippen LogP contribution in [0.25, 0.3) is 0 Å². The molecule has 2 rings (SSSR count). The molecule has 5 heteroatoms. The van der Waals surface area contributed by atoms with Gasteiger partial charge in [0.1, 0.15) is 5.69 Å². The first-order valence-electron chi connectivity index (χ1n) is 5.49. The van der Waals surface area contributed by atoms with E-state index < -0.39 is 0 Å². The zero-order chi connectivity index (χ0) is 12.4. The van der Waals surface area contributed by atoms with Gasteiger partial charge in [-0.3, -0.25) is 9.48 Å². The van der Waals surface area contributed by atoms with Crippen LogP contribution in [0.3, 0.4) is 0 Å². The average Bonchev–Trinajstić information content (AvgIpc) is 2.74. The van der Waals surface area contributed by atoms with Gasteiger partial charge in [-0.05, 0) is 25.5 Å². The number of aryl methyl sites for hydroxylation is 3. The molecule has 2 aromatic heterocycles. The third-order valence-corrected chi connectivity index (χ3v) is 2.63. The molecule has 0 amide bonds. The van der Waals surface area contributed by atoms with Crippen molar-refractivity contribution in [2.45, 2.75) is 20.3 Å². The molecule has 0 radical (unpaired) electrons. The maximum absolute atomic E-state index is 12.3. The molecule has 0 saturated heterocycles. The highest BCUT2D eigenvalue weighted by atomic mass is 16.1. The van der Waals surface area contributed by atoms with Crippen LogP contribution in [0.2, 0.25) is 0 Å². The number of ketones is 1. The maximum atomic E-state index is 12.3. The third-order valence-electron chi connectivity index (χ3n) is 2.63. The fourth-order valence-corrected chi connectivity index (χ4v) is 1.71. The Morgan fingerprint density at radius 1 is 1.41 bits per heavy atom. The minimum absolute atomic E-state index is 0.0557. The van der Waals surface area contributed by atoms with Crippen molar-refractivity contribution >= 4 is 5.78 Å². The predicted octanol–water partition coefficient (Wildman–Crippen LogP) is 1.31. The summed E-state index contributed by atoms with van der Waals surface area (Å²) in [5, 5.41) is 12.0. The molecule has 2 aromatic rings. The number of carbonyl (C=O) groups is 1. The molecule has 0 saturated carbocycles. The van der Waals surface area contributed by atoms with Crippen molar-refractivity contribution in [3.8, 4) is 0 Å². The van der Waals surface area contributed by atoms with Gasteiger partial charge in [-0.15, -0.1) is 0 Å². The van der Waals surface area contributed by atoms with E-state index in [0.717, 1.165) is 11.4 Å². The van der Waals surface area contributed by atoms with Crippen LogP contribution in [-0.2, 0) is 13.5 Å². The summed E-state index contributed by atoms with van der Waals surface area (Å²) in [4.78, 5) is 12.3. The van der Waals surface area contributed by atoms with Gasteiger partial charge in [-0.1, -0.05) is 6.92 Å². The fourth-order valence-electron chi connectivity index (χ4n) is 1.71. The average molecular weight is 230 g/mol. The second-order valence-electron chi connectivity index (χ2n) is 3.87. The molecule has 5 nitrogen and oxygen atoms in total. The van der Waals surface area contributed by atoms with Crippen LogP contribution in [0.5, 0.6) is 0 Å². The van der Waals surface area contributed by atoms with Crippen LogP contribution in [0.1, 0.15) is 34.4 Å². The van der Waals surface area contributed by atoms with Gasteiger partial charge in [0, 0.05) is 18.8 Å². The van der Waals surface area contributed by atoms with E-state index in [-0.39, 0.29) is 5.78 Å². The van der Waals surface area contributed by atoms with Gasteiger partial charge < -0.3 is 0 Å². The molecule has 2 heterocycles. The highest BCUT2D eigenvalue weighted by Crippen LogP contribution is 2.13. The van der Waals surface area contributed by atoms with E-state index >= 15 is 0 Å². The van der Waals surface area contributed by atoms with Gasteiger partial charge >= 0.3 is 0 Å². The van der Waals surface area contributed by atoms with Crippen LogP contribution < -0.4 is 0 Å². The Balaban J connectivity index is 2.50. The second kappa shape index (κ2) is 4.45. The van der Waals surface area contributed by atoms with Gasteiger partial charge in [0.25, 0.3) is 0 Å². The number of aromatic nitrogens is 4. The van der Waals surface area contributed by atoms with E-state index in [0.29, 0.717) is 17.7 Å². The number of nitrogens with zero attached hydrogens (tertiary/aromatic N) is 4. The molecule has 0 unspecified atom stereocenters.